The molecule has 0 bridgehead atoms. The van der Waals surface area contributed by atoms with Crippen LogP contribution in [0.5, 0.6) is 17.4 Å². The largest absolute Gasteiger partial charge is 0.490 e. The predicted octanol–water partition coefficient (Wildman–Crippen LogP) is 3.28. The highest BCUT2D eigenvalue weighted by Crippen LogP contribution is 2.32. The second-order valence-corrected chi connectivity index (χ2v) is 6.58. The predicted molar refractivity (Wildman–Crippen MR) is 99.7 cm³/mol. The van der Waals surface area contributed by atoms with Crippen LogP contribution in [0.15, 0.2) is 42.6 Å². The average molecular weight is 391 g/mol. The van der Waals surface area contributed by atoms with E-state index in [4.69, 9.17) is 9.47 Å². The highest BCUT2D eigenvalue weighted by atomic mass is 19.3. The van der Waals surface area contributed by atoms with E-state index in [1.54, 1.807) is 30.5 Å². The van der Waals surface area contributed by atoms with Gasteiger partial charge in [0.25, 0.3) is 5.92 Å². The van der Waals surface area contributed by atoms with Crippen LogP contribution in [0.4, 0.5) is 8.78 Å². The van der Waals surface area contributed by atoms with Crippen molar-refractivity contribution in [1.29, 1.82) is 0 Å². The van der Waals surface area contributed by atoms with E-state index >= 15 is 0 Å². The fraction of sp³-hybridized carbons (Fsp3) is 0.400. The molecule has 1 aliphatic rings. The molecule has 0 radical (unpaired) electrons. The van der Waals surface area contributed by atoms with Gasteiger partial charge in [0.2, 0.25) is 11.8 Å². The third kappa shape index (κ3) is 5.16. The Hall–Kier alpha value is -2.74. The Kier molecular flexibility index (Phi) is 6.41. The Morgan fingerprint density at radius 2 is 2.07 bits per heavy atom. The van der Waals surface area contributed by atoms with Crippen LogP contribution in [0.1, 0.15) is 25.3 Å². The first kappa shape index (κ1) is 20.0. The van der Waals surface area contributed by atoms with Gasteiger partial charge >= 0.3 is 0 Å². The third-order valence-electron chi connectivity index (χ3n) is 4.25. The molecule has 0 saturated carbocycles. The Morgan fingerprint density at radius 1 is 1.29 bits per heavy atom. The monoisotopic (exact) mass is 391 g/mol. The quantitative estimate of drug-likeness (QED) is 0.723. The SMILES string of the molecule is CCCOc1ccccc1Oc1ncccc1CNC(=O)C1CC(F)(F)CN1. The lowest BCUT2D eigenvalue weighted by atomic mass is 10.2. The van der Waals surface area contributed by atoms with Crippen LogP contribution in [0.3, 0.4) is 0 Å². The minimum absolute atomic E-state index is 0.115. The van der Waals surface area contributed by atoms with Crippen molar-refractivity contribution in [2.24, 2.45) is 0 Å². The number of hydrogen-bond acceptors (Lipinski definition) is 5. The summed E-state index contributed by atoms with van der Waals surface area (Å²) in [6.45, 7) is 2.20. The second kappa shape index (κ2) is 8.97. The topological polar surface area (TPSA) is 72.5 Å². The number of pyridine rings is 1. The zero-order valence-electron chi connectivity index (χ0n) is 15.6. The van der Waals surface area contributed by atoms with Gasteiger partial charge in [0.05, 0.1) is 19.2 Å². The molecule has 1 atom stereocenters. The van der Waals surface area contributed by atoms with Crippen LogP contribution in [0.25, 0.3) is 0 Å². The molecule has 6 nitrogen and oxygen atoms in total. The van der Waals surface area contributed by atoms with Gasteiger partial charge in [0, 0.05) is 24.7 Å². The number of alkyl halides is 2. The van der Waals surface area contributed by atoms with Crippen LogP contribution in [-0.4, -0.2) is 36.0 Å². The highest BCUT2D eigenvalue weighted by Gasteiger charge is 2.42. The summed E-state index contributed by atoms with van der Waals surface area (Å²) in [5.74, 6) is -1.90. The van der Waals surface area contributed by atoms with E-state index in [0.717, 1.165) is 6.42 Å². The Morgan fingerprint density at radius 3 is 2.79 bits per heavy atom. The van der Waals surface area contributed by atoms with E-state index in [0.29, 0.717) is 29.5 Å². The van der Waals surface area contributed by atoms with E-state index in [9.17, 15) is 13.6 Å². The van der Waals surface area contributed by atoms with Gasteiger partial charge in [0.15, 0.2) is 11.5 Å². The lowest BCUT2D eigenvalue weighted by Gasteiger charge is -2.15. The van der Waals surface area contributed by atoms with Crippen molar-refractivity contribution in [3.63, 3.8) is 0 Å². The summed E-state index contributed by atoms with van der Waals surface area (Å²) in [6.07, 6.45) is 1.94. The first-order valence-electron chi connectivity index (χ1n) is 9.21. The highest BCUT2D eigenvalue weighted by molar-refractivity contribution is 5.82. The Labute approximate surface area is 162 Å². The molecule has 8 heteroatoms. The molecule has 2 heterocycles. The molecule has 1 fully saturated rings. The number of nitrogens with zero attached hydrogens (tertiary/aromatic N) is 1. The van der Waals surface area contributed by atoms with Gasteiger partial charge in [-0.3, -0.25) is 10.1 Å². The number of hydrogen-bond donors (Lipinski definition) is 2. The minimum Gasteiger partial charge on any atom is -0.490 e. The minimum atomic E-state index is -2.85. The van der Waals surface area contributed by atoms with Crippen LogP contribution < -0.4 is 20.1 Å². The van der Waals surface area contributed by atoms with Gasteiger partial charge < -0.3 is 14.8 Å². The summed E-state index contributed by atoms with van der Waals surface area (Å²) in [6, 6.07) is 9.82. The Balaban J connectivity index is 1.66. The number of carbonyl (C=O) groups excluding carboxylic acids is 1. The zero-order valence-corrected chi connectivity index (χ0v) is 15.6. The fourth-order valence-corrected chi connectivity index (χ4v) is 2.83. The summed E-state index contributed by atoms with van der Waals surface area (Å²) >= 11 is 0. The molecule has 1 saturated heterocycles. The van der Waals surface area contributed by atoms with Gasteiger partial charge in [-0.05, 0) is 24.6 Å². The van der Waals surface area contributed by atoms with Gasteiger partial charge in [-0.1, -0.05) is 25.1 Å². The summed E-state index contributed by atoms with van der Waals surface area (Å²) in [7, 11) is 0. The zero-order chi connectivity index (χ0) is 20.0. The van der Waals surface area contributed by atoms with Crippen molar-refractivity contribution in [3.05, 3.63) is 48.2 Å². The van der Waals surface area contributed by atoms with Gasteiger partial charge in [-0.25, -0.2) is 13.8 Å². The molecular formula is C20H23F2N3O3. The van der Waals surface area contributed by atoms with Crippen molar-refractivity contribution < 1.29 is 23.0 Å². The molecule has 2 aromatic rings. The first-order chi connectivity index (χ1) is 13.5. The molecular weight excluding hydrogens is 368 g/mol. The number of benzene rings is 1. The van der Waals surface area contributed by atoms with Crippen molar-refractivity contribution >= 4 is 5.91 Å². The maximum atomic E-state index is 13.3. The molecule has 0 spiro atoms. The van der Waals surface area contributed by atoms with Crippen LogP contribution in [-0.2, 0) is 11.3 Å². The molecule has 3 rings (SSSR count). The van der Waals surface area contributed by atoms with Crippen LogP contribution in [0, 0.1) is 0 Å². The van der Waals surface area contributed by atoms with Gasteiger partial charge in [0.1, 0.15) is 0 Å². The van der Waals surface area contributed by atoms with Gasteiger partial charge in [-0.15, -0.1) is 0 Å². The number of para-hydroxylation sites is 2. The van der Waals surface area contributed by atoms with E-state index in [1.807, 2.05) is 19.1 Å². The smallest absolute Gasteiger partial charge is 0.262 e. The normalized spacial score (nSPS) is 17.9. The number of ether oxygens (including phenoxy) is 2. The van der Waals surface area contributed by atoms with E-state index < -0.39 is 30.8 Å². The van der Waals surface area contributed by atoms with Crippen molar-refractivity contribution in [2.75, 3.05) is 13.2 Å². The number of halogens is 2. The maximum absolute atomic E-state index is 13.3. The molecule has 1 aromatic heterocycles. The maximum Gasteiger partial charge on any atom is 0.262 e. The standard InChI is InChI=1S/C20H23F2N3O3/c1-2-10-27-16-7-3-4-8-17(16)28-19-14(6-5-9-23-19)12-24-18(26)15-11-20(21,22)13-25-15/h3-9,15,25H,2,10-13H2,1H3,(H,24,26). The molecule has 2 N–H and O–H groups in total. The van der Waals surface area contributed by atoms with E-state index in [-0.39, 0.29) is 6.54 Å². The number of rotatable bonds is 8. The van der Waals surface area contributed by atoms with Crippen LogP contribution >= 0.6 is 0 Å². The average Bonchev–Trinajstić information content (AvgIpc) is 3.06. The molecule has 1 amide bonds. The number of carbonyl (C=O) groups is 1. The molecule has 1 aromatic carbocycles. The van der Waals surface area contributed by atoms with E-state index in [1.165, 1.54) is 0 Å². The Bertz CT molecular complexity index is 817. The third-order valence-corrected chi connectivity index (χ3v) is 4.25. The molecule has 28 heavy (non-hydrogen) atoms. The molecule has 1 aliphatic heterocycles. The molecule has 0 aliphatic carbocycles. The van der Waals surface area contributed by atoms with Gasteiger partial charge in [-0.2, -0.15) is 0 Å². The van der Waals surface area contributed by atoms with Crippen molar-refractivity contribution in [2.45, 2.75) is 38.3 Å². The summed E-state index contributed by atoms with van der Waals surface area (Å²) < 4.78 is 38.1. The lowest BCUT2D eigenvalue weighted by molar-refractivity contribution is -0.123. The molecule has 1 unspecified atom stereocenters. The fourth-order valence-electron chi connectivity index (χ4n) is 2.83. The van der Waals surface area contributed by atoms with E-state index in [2.05, 4.69) is 15.6 Å². The summed E-state index contributed by atoms with van der Waals surface area (Å²) in [5, 5.41) is 5.21. The molecule has 150 valence electrons. The second-order valence-electron chi connectivity index (χ2n) is 6.58. The number of aromatic nitrogens is 1. The summed E-state index contributed by atoms with van der Waals surface area (Å²) in [4.78, 5) is 16.4. The van der Waals surface area contributed by atoms with Crippen LogP contribution in [0.2, 0.25) is 0 Å². The first-order valence-corrected chi connectivity index (χ1v) is 9.21. The summed E-state index contributed by atoms with van der Waals surface area (Å²) in [5.41, 5.74) is 0.630. The van der Waals surface area contributed by atoms with Crippen molar-refractivity contribution in [1.82, 2.24) is 15.6 Å². The number of amides is 1. The van der Waals surface area contributed by atoms with Crippen molar-refractivity contribution in [3.8, 4) is 17.4 Å². The lowest BCUT2D eigenvalue weighted by Crippen LogP contribution is -2.40. The number of nitrogens with one attached hydrogen (secondary N) is 2.